The Labute approximate surface area is 149 Å². The first-order chi connectivity index (χ1) is 11.6. The highest BCUT2D eigenvalue weighted by Gasteiger charge is 2.23. The van der Waals surface area contributed by atoms with Crippen LogP contribution in [-0.2, 0) is 6.42 Å². The van der Waals surface area contributed by atoms with Gasteiger partial charge in [0, 0.05) is 22.6 Å². The van der Waals surface area contributed by atoms with Gasteiger partial charge in [0.1, 0.15) is 5.82 Å². The number of carbonyl (C=O) groups excluding carboxylic acids is 1. The maximum absolute atomic E-state index is 11.6. The lowest BCUT2D eigenvalue weighted by Crippen LogP contribution is -2.30. The predicted molar refractivity (Wildman–Crippen MR) is 95.9 cm³/mol. The molecule has 3 rings (SSSR count). The van der Waals surface area contributed by atoms with E-state index in [1.54, 1.807) is 18.2 Å². The number of amides is 2. The third kappa shape index (κ3) is 4.97. The molecule has 1 saturated carbocycles. The van der Waals surface area contributed by atoms with E-state index in [9.17, 15) is 4.79 Å². The number of rotatable bonds is 6. The van der Waals surface area contributed by atoms with Crippen molar-refractivity contribution in [3.05, 3.63) is 45.9 Å². The summed E-state index contributed by atoms with van der Waals surface area (Å²) in [6.07, 6.45) is 2.82. The molecule has 2 aromatic rings. The van der Waals surface area contributed by atoms with Crippen LogP contribution in [0.15, 0.2) is 30.3 Å². The largest absolute Gasteiger partial charge is 0.368 e. The van der Waals surface area contributed by atoms with Crippen molar-refractivity contribution in [2.75, 3.05) is 17.2 Å². The van der Waals surface area contributed by atoms with Crippen LogP contribution >= 0.6 is 23.2 Å². The van der Waals surface area contributed by atoms with Crippen molar-refractivity contribution in [1.82, 2.24) is 15.5 Å². The first-order valence-corrected chi connectivity index (χ1v) is 8.45. The fourth-order valence-corrected chi connectivity index (χ4v) is 2.61. The monoisotopic (exact) mass is 365 g/mol. The summed E-state index contributed by atoms with van der Waals surface area (Å²) in [7, 11) is 0. The number of nitrogens with one attached hydrogen (secondary N) is 3. The molecule has 0 unspecified atom stereocenters. The Morgan fingerprint density at radius 2 is 1.88 bits per heavy atom. The normalized spacial score (nSPS) is 13.4. The molecule has 0 radical (unpaired) electrons. The zero-order valence-electron chi connectivity index (χ0n) is 12.9. The molecule has 0 spiro atoms. The zero-order valence-corrected chi connectivity index (χ0v) is 14.4. The highest BCUT2D eigenvalue weighted by Crippen LogP contribution is 2.21. The van der Waals surface area contributed by atoms with E-state index < -0.39 is 0 Å². The summed E-state index contributed by atoms with van der Waals surface area (Å²) in [5, 5.41) is 17.9. The summed E-state index contributed by atoms with van der Waals surface area (Å²) in [5.41, 5.74) is 1.01. The van der Waals surface area contributed by atoms with Crippen molar-refractivity contribution in [2.24, 2.45) is 0 Å². The van der Waals surface area contributed by atoms with E-state index >= 15 is 0 Å². The van der Waals surface area contributed by atoms with E-state index in [2.05, 4.69) is 26.1 Å². The van der Waals surface area contributed by atoms with Gasteiger partial charge < -0.3 is 10.6 Å². The van der Waals surface area contributed by atoms with E-state index in [-0.39, 0.29) is 6.03 Å². The molecular formula is C16H17Cl2N5O. The number of halogens is 2. The third-order valence-electron chi connectivity index (χ3n) is 3.53. The average Bonchev–Trinajstić information content (AvgIpc) is 3.35. The molecule has 1 aromatic heterocycles. The van der Waals surface area contributed by atoms with Crippen LogP contribution in [0.5, 0.6) is 0 Å². The molecule has 1 heterocycles. The van der Waals surface area contributed by atoms with Gasteiger partial charge in [-0.15, -0.1) is 10.2 Å². The number of hydrogen-bond donors (Lipinski definition) is 3. The van der Waals surface area contributed by atoms with E-state index in [0.29, 0.717) is 34.3 Å². The molecule has 1 aliphatic carbocycles. The smallest absolute Gasteiger partial charge is 0.320 e. The molecule has 0 saturated heterocycles. The number of benzene rings is 1. The van der Waals surface area contributed by atoms with Crippen molar-refractivity contribution < 1.29 is 4.79 Å². The number of carbonyl (C=O) groups is 1. The second-order valence-corrected chi connectivity index (χ2v) is 6.43. The van der Waals surface area contributed by atoms with Crippen LogP contribution in [0, 0.1) is 0 Å². The predicted octanol–water partition coefficient (Wildman–Crippen LogP) is 3.72. The summed E-state index contributed by atoms with van der Waals surface area (Å²) >= 11 is 12.0. The number of anilines is 2. The fraction of sp³-hybridized carbons (Fsp3) is 0.312. The Kier molecular flexibility index (Phi) is 5.37. The molecule has 2 amide bonds. The van der Waals surface area contributed by atoms with E-state index in [0.717, 1.165) is 24.8 Å². The average molecular weight is 366 g/mol. The van der Waals surface area contributed by atoms with Crippen LogP contribution in [0.3, 0.4) is 0 Å². The second kappa shape index (κ2) is 7.68. The lowest BCUT2D eigenvalue weighted by Gasteiger charge is -2.08. The quantitative estimate of drug-likeness (QED) is 0.728. The summed E-state index contributed by atoms with van der Waals surface area (Å²) in [6.45, 7) is 0.658. The van der Waals surface area contributed by atoms with Crippen molar-refractivity contribution >= 4 is 40.9 Å². The summed E-state index contributed by atoms with van der Waals surface area (Å²) in [5.74, 6) is 1.05. The maximum atomic E-state index is 11.6. The van der Waals surface area contributed by atoms with E-state index in [4.69, 9.17) is 23.2 Å². The summed E-state index contributed by atoms with van der Waals surface area (Å²) < 4.78 is 0. The molecule has 0 aliphatic heterocycles. The minimum absolute atomic E-state index is 0.245. The minimum Gasteiger partial charge on any atom is -0.368 e. The maximum Gasteiger partial charge on any atom is 0.320 e. The van der Waals surface area contributed by atoms with Crippen molar-refractivity contribution in [1.29, 1.82) is 0 Å². The van der Waals surface area contributed by atoms with Crippen molar-refractivity contribution in [3.8, 4) is 0 Å². The Morgan fingerprint density at radius 3 is 2.54 bits per heavy atom. The molecule has 6 nitrogen and oxygen atoms in total. The lowest BCUT2D eigenvalue weighted by atomic mass is 10.1. The van der Waals surface area contributed by atoms with Crippen molar-refractivity contribution in [3.63, 3.8) is 0 Å². The molecule has 0 bridgehead atoms. The molecule has 24 heavy (non-hydrogen) atoms. The molecule has 3 N–H and O–H groups in total. The van der Waals surface area contributed by atoms with Crippen LogP contribution in [0.25, 0.3) is 0 Å². The van der Waals surface area contributed by atoms with Gasteiger partial charge in [-0.2, -0.15) is 0 Å². The first-order valence-electron chi connectivity index (χ1n) is 7.69. The minimum atomic E-state index is -0.245. The Morgan fingerprint density at radius 1 is 1.12 bits per heavy atom. The highest BCUT2D eigenvalue weighted by atomic mass is 35.5. The molecule has 1 aromatic carbocycles. The standard InChI is InChI=1S/C16H17Cl2N5O/c17-11-2-1-10(13(18)9-11)7-8-19-14-5-6-15(23-22-14)21-16(24)20-12-3-4-12/h1-2,5-6,9,12H,3-4,7-8H2,(H,19,22)(H2,20,21,23,24). The molecular weight excluding hydrogens is 349 g/mol. The number of aromatic nitrogens is 2. The Bertz CT molecular complexity index is 719. The molecule has 0 atom stereocenters. The SMILES string of the molecule is O=C(Nc1ccc(NCCc2ccc(Cl)cc2Cl)nn1)NC1CC1. The number of nitrogens with zero attached hydrogens (tertiary/aromatic N) is 2. The Hall–Kier alpha value is -2.05. The van der Waals surface area contributed by atoms with Gasteiger partial charge in [0.25, 0.3) is 0 Å². The summed E-state index contributed by atoms with van der Waals surface area (Å²) in [4.78, 5) is 11.6. The molecule has 1 aliphatic rings. The number of urea groups is 1. The first kappa shape index (κ1) is 16.8. The van der Waals surface area contributed by atoms with E-state index in [1.165, 1.54) is 0 Å². The third-order valence-corrected chi connectivity index (χ3v) is 4.12. The van der Waals surface area contributed by atoms with Crippen LogP contribution in [0.2, 0.25) is 10.0 Å². The van der Waals surface area contributed by atoms with Gasteiger partial charge >= 0.3 is 6.03 Å². The molecule has 1 fully saturated rings. The van der Waals surface area contributed by atoms with Crippen LogP contribution < -0.4 is 16.0 Å². The van der Waals surface area contributed by atoms with Crippen molar-refractivity contribution in [2.45, 2.75) is 25.3 Å². The fourth-order valence-electron chi connectivity index (χ4n) is 2.11. The van der Waals surface area contributed by atoms with Gasteiger partial charge in [0.15, 0.2) is 5.82 Å². The number of hydrogen-bond acceptors (Lipinski definition) is 4. The molecule has 8 heteroatoms. The van der Waals surface area contributed by atoms with Gasteiger partial charge in [0.05, 0.1) is 0 Å². The van der Waals surface area contributed by atoms with Gasteiger partial charge in [0.2, 0.25) is 0 Å². The van der Waals surface area contributed by atoms with Gasteiger partial charge in [-0.05, 0) is 49.1 Å². The highest BCUT2D eigenvalue weighted by molar-refractivity contribution is 6.35. The van der Waals surface area contributed by atoms with Gasteiger partial charge in [-0.3, -0.25) is 5.32 Å². The second-order valence-electron chi connectivity index (χ2n) is 5.59. The van der Waals surface area contributed by atoms with Crippen LogP contribution in [0.4, 0.5) is 16.4 Å². The topological polar surface area (TPSA) is 78.9 Å². The summed E-state index contributed by atoms with van der Waals surface area (Å²) in [6, 6.07) is 8.98. The van der Waals surface area contributed by atoms with Crippen LogP contribution in [-0.4, -0.2) is 28.8 Å². The van der Waals surface area contributed by atoms with Crippen LogP contribution in [0.1, 0.15) is 18.4 Å². The Balaban J connectivity index is 1.46. The molecule has 126 valence electrons. The van der Waals surface area contributed by atoms with Gasteiger partial charge in [-0.25, -0.2) is 4.79 Å². The lowest BCUT2D eigenvalue weighted by molar-refractivity contribution is 0.251. The van der Waals surface area contributed by atoms with E-state index in [1.807, 2.05) is 12.1 Å². The zero-order chi connectivity index (χ0) is 16.9. The van der Waals surface area contributed by atoms with Gasteiger partial charge in [-0.1, -0.05) is 29.3 Å².